The van der Waals surface area contributed by atoms with Crippen LogP contribution in [-0.4, -0.2) is 74.4 Å². The molecule has 0 amide bonds. The Morgan fingerprint density at radius 3 is 2.63 bits per heavy atom. The van der Waals surface area contributed by atoms with E-state index in [0.29, 0.717) is 12.1 Å². The van der Waals surface area contributed by atoms with Gasteiger partial charge in [0.05, 0.1) is 12.4 Å². The summed E-state index contributed by atoms with van der Waals surface area (Å²) in [6.07, 6.45) is 0.187. The van der Waals surface area contributed by atoms with Crippen molar-refractivity contribution < 1.29 is 35.5 Å². The maximum absolute atomic E-state index is 14.0. The van der Waals surface area contributed by atoms with Crippen LogP contribution in [0.5, 0.6) is 5.75 Å². The standard InChI is InChI=1S/C18H22F4N2O4S2/c1-2-7-27-13-15-12-24(30(25,26)9-8-29)6-5-23(15)11-14-3-4-17(16(19)10-14)28-18(20,21)22/h1,3-4,10,15,29H,5-9,11-13H2/t15-/m1/s1. The second kappa shape index (κ2) is 10.7. The third kappa shape index (κ3) is 7.31. The third-order valence-corrected chi connectivity index (χ3v) is 6.78. The van der Waals surface area contributed by atoms with E-state index < -0.39 is 28.0 Å². The lowest BCUT2D eigenvalue weighted by Gasteiger charge is -2.40. The molecular formula is C18H22F4N2O4S2. The number of thiol groups is 1. The number of hydrogen-bond donors (Lipinski definition) is 1. The summed E-state index contributed by atoms with van der Waals surface area (Å²) in [5.41, 5.74) is 0.413. The van der Waals surface area contributed by atoms with Gasteiger partial charge in [0.1, 0.15) is 6.61 Å². The predicted octanol–water partition coefficient (Wildman–Crippen LogP) is 2.12. The van der Waals surface area contributed by atoms with Gasteiger partial charge >= 0.3 is 6.36 Å². The molecule has 1 saturated heterocycles. The third-order valence-electron chi connectivity index (χ3n) is 4.41. The number of ether oxygens (including phenoxy) is 2. The van der Waals surface area contributed by atoms with Gasteiger partial charge in [-0.3, -0.25) is 4.90 Å². The van der Waals surface area contributed by atoms with Crippen molar-refractivity contribution in [1.82, 2.24) is 9.21 Å². The van der Waals surface area contributed by atoms with Gasteiger partial charge < -0.3 is 9.47 Å². The van der Waals surface area contributed by atoms with Gasteiger partial charge in [0.15, 0.2) is 11.6 Å². The quantitative estimate of drug-likeness (QED) is 0.259. The van der Waals surface area contributed by atoms with Crippen LogP contribution < -0.4 is 4.74 Å². The Balaban J connectivity index is 2.12. The molecular weight excluding hydrogens is 448 g/mol. The van der Waals surface area contributed by atoms with Crippen molar-refractivity contribution in [3.63, 3.8) is 0 Å². The number of benzene rings is 1. The van der Waals surface area contributed by atoms with Gasteiger partial charge in [-0.15, -0.1) is 19.6 Å². The number of hydrogen-bond acceptors (Lipinski definition) is 6. The lowest BCUT2D eigenvalue weighted by atomic mass is 10.1. The summed E-state index contributed by atoms with van der Waals surface area (Å²) in [4.78, 5) is 1.88. The highest BCUT2D eigenvalue weighted by Gasteiger charge is 2.34. The van der Waals surface area contributed by atoms with E-state index in [1.807, 2.05) is 4.90 Å². The zero-order valence-corrected chi connectivity index (χ0v) is 17.6. The topological polar surface area (TPSA) is 59.1 Å². The molecule has 1 aromatic rings. The summed E-state index contributed by atoms with van der Waals surface area (Å²) in [5.74, 6) is 0.364. The molecule has 0 radical (unpaired) electrons. The Hall–Kier alpha value is -1.52. The minimum absolute atomic E-state index is 0.0475. The van der Waals surface area contributed by atoms with E-state index in [2.05, 4.69) is 23.3 Å². The van der Waals surface area contributed by atoms with Crippen LogP contribution in [0.25, 0.3) is 0 Å². The molecule has 1 atom stereocenters. The fraction of sp³-hybridized carbons (Fsp3) is 0.556. The molecule has 0 unspecified atom stereocenters. The van der Waals surface area contributed by atoms with Crippen LogP contribution in [0.3, 0.4) is 0 Å². The maximum atomic E-state index is 14.0. The second-order valence-corrected chi connectivity index (χ2v) is 9.09. The van der Waals surface area contributed by atoms with Crippen LogP contribution in [0.15, 0.2) is 18.2 Å². The summed E-state index contributed by atoms with van der Waals surface area (Å²) in [5, 5.41) is 0. The van der Waals surface area contributed by atoms with E-state index >= 15 is 0 Å². The minimum atomic E-state index is -4.99. The van der Waals surface area contributed by atoms with Crippen molar-refractivity contribution >= 4 is 22.7 Å². The zero-order chi connectivity index (χ0) is 22.4. The molecule has 0 spiro atoms. The van der Waals surface area contributed by atoms with Crippen LogP contribution in [0.2, 0.25) is 0 Å². The molecule has 2 rings (SSSR count). The van der Waals surface area contributed by atoms with Gasteiger partial charge in [0, 0.05) is 38.0 Å². The first-order valence-corrected chi connectivity index (χ1v) is 11.2. The molecule has 0 aliphatic carbocycles. The number of piperazine rings is 1. The van der Waals surface area contributed by atoms with Gasteiger partial charge in [0.25, 0.3) is 0 Å². The van der Waals surface area contributed by atoms with E-state index in [-0.39, 0.29) is 50.4 Å². The van der Waals surface area contributed by atoms with Gasteiger partial charge in [-0.1, -0.05) is 12.0 Å². The Morgan fingerprint density at radius 1 is 1.30 bits per heavy atom. The Bertz CT molecular complexity index is 859. The fourth-order valence-electron chi connectivity index (χ4n) is 3.07. The fourth-order valence-corrected chi connectivity index (χ4v) is 5.01. The van der Waals surface area contributed by atoms with Gasteiger partial charge in [0.2, 0.25) is 10.0 Å². The van der Waals surface area contributed by atoms with Crippen LogP contribution in [0.1, 0.15) is 5.56 Å². The number of terminal acetylenes is 1. The zero-order valence-electron chi connectivity index (χ0n) is 15.9. The van der Waals surface area contributed by atoms with E-state index in [0.717, 1.165) is 12.1 Å². The minimum Gasteiger partial charge on any atom is -0.403 e. The number of rotatable bonds is 9. The molecule has 0 bridgehead atoms. The van der Waals surface area contributed by atoms with Crippen molar-refractivity contribution in [2.75, 3.05) is 44.4 Å². The van der Waals surface area contributed by atoms with Gasteiger partial charge in [-0.25, -0.2) is 12.8 Å². The van der Waals surface area contributed by atoms with Crippen molar-refractivity contribution in [2.24, 2.45) is 0 Å². The van der Waals surface area contributed by atoms with Gasteiger partial charge in [-0.2, -0.15) is 16.9 Å². The molecule has 0 N–H and O–H groups in total. The number of sulfonamides is 1. The maximum Gasteiger partial charge on any atom is 0.573 e. The first-order valence-electron chi connectivity index (χ1n) is 8.94. The molecule has 1 heterocycles. The largest absolute Gasteiger partial charge is 0.573 e. The predicted molar refractivity (Wildman–Crippen MR) is 106 cm³/mol. The lowest BCUT2D eigenvalue weighted by molar-refractivity contribution is -0.275. The van der Waals surface area contributed by atoms with Crippen molar-refractivity contribution in [1.29, 1.82) is 0 Å². The Kier molecular flexibility index (Phi) is 8.81. The average Bonchev–Trinajstić information content (AvgIpc) is 2.64. The lowest BCUT2D eigenvalue weighted by Crippen LogP contribution is -2.56. The highest BCUT2D eigenvalue weighted by molar-refractivity contribution is 7.90. The summed E-state index contributed by atoms with van der Waals surface area (Å²) in [7, 11) is -3.47. The van der Waals surface area contributed by atoms with Crippen molar-refractivity contribution in [3.8, 4) is 18.1 Å². The molecule has 6 nitrogen and oxygen atoms in total. The highest BCUT2D eigenvalue weighted by Crippen LogP contribution is 2.27. The summed E-state index contributed by atoms with van der Waals surface area (Å²) >= 11 is 3.97. The van der Waals surface area contributed by atoms with Crippen LogP contribution >= 0.6 is 12.6 Å². The Labute approximate surface area is 178 Å². The summed E-state index contributed by atoms with van der Waals surface area (Å²) in [6, 6.07) is 2.84. The average molecular weight is 471 g/mol. The highest BCUT2D eigenvalue weighted by atomic mass is 32.2. The number of alkyl halides is 3. The normalized spacial score (nSPS) is 18.9. The number of halogens is 4. The molecule has 0 aromatic heterocycles. The van der Waals surface area contributed by atoms with E-state index in [4.69, 9.17) is 11.2 Å². The molecule has 30 heavy (non-hydrogen) atoms. The molecule has 0 saturated carbocycles. The second-order valence-electron chi connectivity index (χ2n) is 6.55. The smallest absolute Gasteiger partial charge is 0.403 e. The van der Waals surface area contributed by atoms with Gasteiger partial charge in [-0.05, 0) is 17.7 Å². The van der Waals surface area contributed by atoms with Crippen LogP contribution in [-0.2, 0) is 21.3 Å². The first-order chi connectivity index (χ1) is 14.1. The SMILES string of the molecule is C#CCOC[C@H]1CN(S(=O)(=O)CCS)CCN1Cc1ccc(OC(F)(F)F)c(F)c1. The molecule has 1 aliphatic heterocycles. The Morgan fingerprint density at radius 2 is 2.03 bits per heavy atom. The van der Waals surface area contributed by atoms with Crippen molar-refractivity contribution in [2.45, 2.75) is 18.9 Å². The molecule has 168 valence electrons. The van der Waals surface area contributed by atoms with Crippen LogP contribution in [0.4, 0.5) is 17.6 Å². The molecule has 1 aromatic carbocycles. The molecule has 12 heteroatoms. The van der Waals surface area contributed by atoms with E-state index in [1.54, 1.807) is 0 Å². The van der Waals surface area contributed by atoms with E-state index in [1.165, 1.54) is 10.4 Å². The number of nitrogens with zero attached hydrogens (tertiary/aromatic N) is 2. The molecule has 1 aliphatic rings. The van der Waals surface area contributed by atoms with Crippen LogP contribution in [0, 0.1) is 18.2 Å². The van der Waals surface area contributed by atoms with Crippen molar-refractivity contribution in [3.05, 3.63) is 29.6 Å². The summed E-state index contributed by atoms with van der Waals surface area (Å²) in [6.45, 7) is 1.09. The first kappa shape index (κ1) is 24.7. The van der Waals surface area contributed by atoms with E-state index in [9.17, 15) is 26.0 Å². The monoisotopic (exact) mass is 470 g/mol. The molecule has 1 fully saturated rings. The summed E-state index contributed by atoms with van der Waals surface area (Å²) < 4.78 is 86.0.